The highest BCUT2D eigenvalue weighted by molar-refractivity contribution is 5.86. The molecule has 1 heterocycles. The molecule has 21 heavy (non-hydrogen) atoms. The molecular weight excluding hydrogens is 262 g/mol. The van der Waals surface area contributed by atoms with E-state index in [1.807, 2.05) is 36.3 Å². The van der Waals surface area contributed by atoms with Crippen molar-refractivity contribution in [3.8, 4) is 0 Å². The number of amides is 1. The van der Waals surface area contributed by atoms with Crippen LogP contribution in [0.15, 0.2) is 30.5 Å². The maximum Gasteiger partial charge on any atom is 0.239 e. The molecule has 2 atom stereocenters. The van der Waals surface area contributed by atoms with E-state index in [-0.39, 0.29) is 5.91 Å². The molecule has 0 radical (unpaired) electrons. The van der Waals surface area contributed by atoms with E-state index in [2.05, 4.69) is 18.0 Å². The average Bonchev–Trinajstić information content (AvgIpc) is 3.28. The van der Waals surface area contributed by atoms with Gasteiger partial charge in [-0.2, -0.15) is 0 Å². The summed E-state index contributed by atoms with van der Waals surface area (Å²) < 4.78 is 0. The minimum absolute atomic E-state index is 0.0414. The van der Waals surface area contributed by atoms with E-state index in [0.717, 1.165) is 16.5 Å². The van der Waals surface area contributed by atoms with Crippen LogP contribution in [0.4, 0.5) is 0 Å². The molecule has 1 aromatic heterocycles. The van der Waals surface area contributed by atoms with Crippen LogP contribution in [0.25, 0.3) is 10.9 Å². The molecule has 0 saturated heterocycles. The molecular formula is C17H23N3O. The van der Waals surface area contributed by atoms with Gasteiger partial charge in [-0.25, -0.2) is 0 Å². The van der Waals surface area contributed by atoms with Crippen LogP contribution in [0.1, 0.15) is 25.3 Å². The van der Waals surface area contributed by atoms with Crippen molar-refractivity contribution in [3.05, 3.63) is 36.0 Å². The third-order valence-corrected chi connectivity index (χ3v) is 4.69. The predicted molar refractivity (Wildman–Crippen MR) is 84.9 cm³/mol. The first-order valence-electron chi connectivity index (χ1n) is 7.65. The summed E-state index contributed by atoms with van der Waals surface area (Å²) in [5.41, 5.74) is 8.35. The fourth-order valence-corrected chi connectivity index (χ4v) is 2.98. The van der Waals surface area contributed by atoms with E-state index in [9.17, 15) is 4.79 Å². The molecule has 1 amide bonds. The number of aromatic nitrogens is 1. The Bertz CT molecular complexity index is 644. The number of nitrogens with two attached hydrogens (primary N) is 1. The summed E-state index contributed by atoms with van der Waals surface area (Å²) in [7, 11) is 1.88. The highest BCUT2D eigenvalue weighted by Crippen LogP contribution is 2.34. The van der Waals surface area contributed by atoms with Crippen molar-refractivity contribution in [3.63, 3.8) is 0 Å². The van der Waals surface area contributed by atoms with Gasteiger partial charge in [-0.15, -0.1) is 0 Å². The molecule has 1 aliphatic carbocycles. The Morgan fingerprint density at radius 2 is 2.14 bits per heavy atom. The topological polar surface area (TPSA) is 62.1 Å². The number of benzene rings is 1. The molecule has 4 nitrogen and oxygen atoms in total. The van der Waals surface area contributed by atoms with Crippen molar-refractivity contribution in [1.29, 1.82) is 0 Å². The summed E-state index contributed by atoms with van der Waals surface area (Å²) in [6.45, 7) is 2.12. The second kappa shape index (κ2) is 5.53. The number of aromatic amines is 1. The number of H-pyrrole nitrogens is 1. The molecule has 1 saturated carbocycles. The fourth-order valence-electron chi connectivity index (χ4n) is 2.98. The van der Waals surface area contributed by atoms with Crippen LogP contribution >= 0.6 is 0 Å². The van der Waals surface area contributed by atoms with E-state index < -0.39 is 6.04 Å². The number of hydrogen-bond acceptors (Lipinski definition) is 2. The molecule has 4 heteroatoms. The number of nitrogens with one attached hydrogen (secondary N) is 1. The largest absolute Gasteiger partial charge is 0.361 e. The molecule has 0 bridgehead atoms. The summed E-state index contributed by atoms with van der Waals surface area (Å²) in [5.74, 6) is 0.707. The van der Waals surface area contributed by atoms with Gasteiger partial charge in [-0.1, -0.05) is 18.2 Å². The van der Waals surface area contributed by atoms with Crippen LogP contribution in [-0.4, -0.2) is 34.9 Å². The van der Waals surface area contributed by atoms with Gasteiger partial charge < -0.3 is 15.6 Å². The van der Waals surface area contributed by atoms with Crippen molar-refractivity contribution >= 4 is 16.8 Å². The molecule has 112 valence electrons. The normalized spacial score (nSPS) is 17.7. The second-order valence-corrected chi connectivity index (χ2v) is 6.20. The Morgan fingerprint density at radius 1 is 1.43 bits per heavy atom. The smallest absolute Gasteiger partial charge is 0.239 e. The lowest BCUT2D eigenvalue weighted by molar-refractivity contribution is -0.133. The quantitative estimate of drug-likeness (QED) is 0.885. The highest BCUT2D eigenvalue weighted by atomic mass is 16.2. The summed E-state index contributed by atoms with van der Waals surface area (Å²) >= 11 is 0. The van der Waals surface area contributed by atoms with E-state index >= 15 is 0 Å². The van der Waals surface area contributed by atoms with Crippen LogP contribution in [0.3, 0.4) is 0 Å². The van der Waals surface area contributed by atoms with Crippen LogP contribution < -0.4 is 5.73 Å². The van der Waals surface area contributed by atoms with Gasteiger partial charge in [0.2, 0.25) is 5.91 Å². The predicted octanol–water partition coefficient (Wildman–Crippen LogP) is 2.29. The summed E-state index contributed by atoms with van der Waals surface area (Å²) in [4.78, 5) is 17.5. The number of para-hydroxylation sites is 1. The summed E-state index contributed by atoms with van der Waals surface area (Å²) in [5, 5.41) is 1.15. The first-order valence-corrected chi connectivity index (χ1v) is 7.65. The minimum Gasteiger partial charge on any atom is -0.361 e. The zero-order valence-corrected chi connectivity index (χ0v) is 12.7. The SMILES string of the molecule is CC(C1CC1)N(C)C(=O)C(N)Cc1c[nH]c2ccccc12. The Morgan fingerprint density at radius 3 is 2.86 bits per heavy atom. The van der Waals surface area contributed by atoms with Gasteiger partial charge in [0.1, 0.15) is 0 Å². The maximum absolute atomic E-state index is 12.5. The maximum atomic E-state index is 12.5. The first-order chi connectivity index (χ1) is 10.1. The van der Waals surface area contributed by atoms with Gasteiger partial charge in [0.15, 0.2) is 0 Å². The van der Waals surface area contributed by atoms with Crippen molar-refractivity contribution in [2.75, 3.05) is 7.05 Å². The lowest BCUT2D eigenvalue weighted by atomic mass is 10.0. The molecule has 2 aromatic rings. The summed E-state index contributed by atoms with van der Waals surface area (Å²) in [6, 6.07) is 7.93. The average molecular weight is 285 g/mol. The molecule has 2 unspecified atom stereocenters. The Hall–Kier alpha value is -1.81. The molecule has 1 aliphatic rings. The standard InChI is InChI=1S/C17H23N3O/c1-11(12-7-8-12)20(2)17(21)15(18)9-13-10-19-16-6-4-3-5-14(13)16/h3-6,10-12,15,19H,7-9,18H2,1-2H3. The van der Waals surface area contributed by atoms with E-state index in [0.29, 0.717) is 18.4 Å². The number of rotatable bonds is 5. The third kappa shape index (κ3) is 2.81. The van der Waals surface area contributed by atoms with Crippen molar-refractivity contribution in [2.24, 2.45) is 11.7 Å². The number of fused-ring (bicyclic) bond motifs is 1. The molecule has 0 spiro atoms. The van der Waals surface area contributed by atoms with Crippen LogP contribution in [0, 0.1) is 5.92 Å². The molecule has 1 fully saturated rings. The van der Waals surface area contributed by atoms with Gasteiger partial charge in [-0.05, 0) is 43.7 Å². The van der Waals surface area contributed by atoms with Gasteiger partial charge in [0.25, 0.3) is 0 Å². The molecule has 1 aromatic carbocycles. The first kappa shape index (κ1) is 14.1. The summed E-state index contributed by atoms with van der Waals surface area (Å²) in [6.07, 6.45) is 5.00. The van der Waals surface area contributed by atoms with Crippen LogP contribution in [0.2, 0.25) is 0 Å². The Balaban J connectivity index is 1.70. The Kier molecular flexibility index (Phi) is 3.72. The number of nitrogens with zero attached hydrogens (tertiary/aromatic N) is 1. The number of likely N-dealkylation sites (N-methyl/N-ethyl adjacent to an activating group) is 1. The number of carbonyl (C=O) groups is 1. The highest BCUT2D eigenvalue weighted by Gasteiger charge is 2.33. The lowest BCUT2D eigenvalue weighted by Crippen LogP contribution is -2.47. The van der Waals surface area contributed by atoms with Crippen molar-refractivity contribution in [1.82, 2.24) is 9.88 Å². The zero-order chi connectivity index (χ0) is 15.0. The van der Waals surface area contributed by atoms with E-state index in [4.69, 9.17) is 5.73 Å². The third-order valence-electron chi connectivity index (χ3n) is 4.69. The van der Waals surface area contributed by atoms with Crippen molar-refractivity contribution in [2.45, 2.75) is 38.3 Å². The van der Waals surface area contributed by atoms with Crippen LogP contribution in [-0.2, 0) is 11.2 Å². The van der Waals surface area contributed by atoms with Crippen LogP contribution in [0.5, 0.6) is 0 Å². The monoisotopic (exact) mass is 285 g/mol. The van der Waals surface area contributed by atoms with Gasteiger partial charge in [-0.3, -0.25) is 4.79 Å². The number of carbonyl (C=O) groups excluding carboxylic acids is 1. The molecule has 3 N–H and O–H groups in total. The number of hydrogen-bond donors (Lipinski definition) is 2. The zero-order valence-electron chi connectivity index (χ0n) is 12.7. The molecule has 3 rings (SSSR count). The van der Waals surface area contributed by atoms with Gasteiger partial charge >= 0.3 is 0 Å². The van der Waals surface area contributed by atoms with E-state index in [1.54, 1.807) is 0 Å². The van der Waals surface area contributed by atoms with Crippen molar-refractivity contribution < 1.29 is 4.79 Å². The second-order valence-electron chi connectivity index (χ2n) is 6.20. The Labute approximate surface area is 125 Å². The van der Waals surface area contributed by atoms with Gasteiger partial charge in [0, 0.05) is 30.2 Å². The lowest BCUT2D eigenvalue weighted by Gasteiger charge is -2.27. The van der Waals surface area contributed by atoms with Gasteiger partial charge in [0.05, 0.1) is 6.04 Å². The fraction of sp³-hybridized carbons (Fsp3) is 0.471. The van der Waals surface area contributed by atoms with E-state index in [1.165, 1.54) is 12.8 Å². The minimum atomic E-state index is -0.476. The molecule has 0 aliphatic heterocycles.